The summed E-state index contributed by atoms with van der Waals surface area (Å²) in [6.45, 7) is 4.06. The minimum atomic E-state index is 0.296. The molecule has 4 heteroatoms. The third kappa shape index (κ3) is 2.82. The lowest BCUT2D eigenvalue weighted by molar-refractivity contribution is 0.421. The van der Waals surface area contributed by atoms with Crippen LogP contribution >= 0.6 is 0 Å². The Hall–Kier alpha value is -1.84. The SMILES string of the molecule is CC(C)Nc1nc(Cc2ccccc2)no1. The van der Waals surface area contributed by atoms with E-state index >= 15 is 0 Å². The molecule has 0 unspecified atom stereocenters. The quantitative estimate of drug-likeness (QED) is 0.854. The Bertz CT molecular complexity index is 437. The largest absolute Gasteiger partial charge is 0.336 e. The van der Waals surface area contributed by atoms with Crippen LogP contribution in [-0.4, -0.2) is 16.2 Å². The molecule has 1 N–H and O–H groups in total. The van der Waals surface area contributed by atoms with Gasteiger partial charge in [0, 0.05) is 12.5 Å². The summed E-state index contributed by atoms with van der Waals surface area (Å²) < 4.78 is 5.08. The van der Waals surface area contributed by atoms with Crippen molar-refractivity contribution in [3.63, 3.8) is 0 Å². The molecule has 1 aromatic heterocycles. The lowest BCUT2D eigenvalue weighted by Gasteiger charge is -2.01. The number of hydrogen-bond donors (Lipinski definition) is 1. The van der Waals surface area contributed by atoms with Gasteiger partial charge >= 0.3 is 6.01 Å². The van der Waals surface area contributed by atoms with E-state index in [2.05, 4.69) is 15.5 Å². The zero-order valence-corrected chi connectivity index (χ0v) is 9.47. The van der Waals surface area contributed by atoms with E-state index in [4.69, 9.17) is 4.52 Å². The van der Waals surface area contributed by atoms with Crippen LogP contribution in [0.1, 0.15) is 25.2 Å². The van der Waals surface area contributed by atoms with E-state index in [1.807, 2.05) is 44.2 Å². The summed E-state index contributed by atoms with van der Waals surface area (Å²) in [4.78, 5) is 4.26. The van der Waals surface area contributed by atoms with E-state index in [0.29, 0.717) is 24.3 Å². The van der Waals surface area contributed by atoms with E-state index in [-0.39, 0.29) is 0 Å². The average molecular weight is 217 g/mol. The van der Waals surface area contributed by atoms with Crippen molar-refractivity contribution in [3.8, 4) is 0 Å². The van der Waals surface area contributed by atoms with Gasteiger partial charge in [-0.05, 0) is 19.4 Å². The molecule has 0 radical (unpaired) electrons. The molecule has 1 aromatic carbocycles. The molecule has 16 heavy (non-hydrogen) atoms. The van der Waals surface area contributed by atoms with Crippen molar-refractivity contribution < 1.29 is 4.52 Å². The smallest absolute Gasteiger partial charge is 0.321 e. The standard InChI is InChI=1S/C12H15N3O/c1-9(2)13-12-14-11(15-16-12)8-10-6-4-3-5-7-10/h3-7,9H,8H2,1-2H3,(H,13,14,15). The zero-order valence-electron chi connectivity index (χ0n) is 9.47. The van der Waals surface area contributed by atoms with Crippen LogP contribution in [0.2, 0.25) is 0 Å². The number of benzene rings is 1. The summed E-state index contributed by atoms with van der Waals surface area (Å²) in [5.74, 6) is 0.703. The van der Waals surface area contributed by atoms with Crippen LogP contribution in [0.3, 0.4) is 0 Å². The summed E-state index contributed by atoms with van der Waals surface area (Å²) in [6, 6.07) is 10.9. The molecule has 0 bridgehead atoms. The van der Waals surface area contributed by atoms with E-state index in [1.54, 1.807) is 0 Å². The monoisotopic (exact) mass is 217 g/mol. The molecule has 0 spiro atoms. The van der Waals surface area contributed by atoms with E-state index in [9.17, 15) is 0 Å². The minimum Gasteiger partial charge on any atom is -0.336 e. The molecule has 0 saturated heterocycles. The second-order valence-electron chi connectivity index (χ2n) is 3.98. The lowest BCUT2D eigenvalue weighted by atomic mass is 10.1. The Labute approximate surface area is 94.7 Å². The van der Waals surface area contributed by atoms with Crippen molar-refractivity contribution in [2.45, 2.75) is 26.3 Å². The van der Waals surface area contributed by atoms with Crippen LogP contribution < -0.4 is 5.32 Å². The first-order chi connectivity index (χ1) is 7.74. The summed E-state index contributed by atoms with van der Waals surface area (Å²) in [5, 5.41) is 6.99. The van der Waals surface area contributed by atoms with Crippen LogP contribution in [0.25, 0.3) is 0 Å². The van der Waals surface area contributed by atoms with Gasteiger partial charge in [-0.2, -0.15) is 4.98 Å². The number of aromatic nitrogens is 2. The highest BCUT2D eigenvalue weighted by Crippen LogP contribution is 2.09. The van der Waals surface area contributed by atoms with Crippen molar-refractivity contribution in [2.75, 3.05) is 5.32 Å². The number of nitrogens with one attached hydrogen (secondary N) is 1. The number of anilines is 1. The fraction of sp³-hybridized carbons (Fsp3) is 0.333. The first kappa shape index (κ1) is 10.7. The molecule has 2 aromatic rings. The normalized spacial score (nSPS) is 10.7. The maximum Gasteiger partial charge on any atom is 0.321 e. The minimum absolute atomic E-state index is 0.296. The second-order valence-corrected chi connectivity index (χ2v) is 3.98. The molecular formula is C12H15N3O. The Morgan fingerprint density at radius 2 is 2.00 bits per heavy atom. The molecule has 2 rings (SSSR count). The molecular weight excluding hydrogens is 202 g/mol. The molecule has 0 amide bonds. The van der Waals surface area contributed by atoms with Crippen molar-refractivity contribution in [1.82, 2.24) is 10.1 Å². The van der Waals surface area contributed by atoms with Gasteiger partial charge in [-0.1, -0.05) is 35.5 Å². The van der Waals surface area contributed by atoms with Crippen molar-refractivity contribution in [3.05, 3.63) is 41.7 Å². The summed E-state index contributed by atoms with van der Waals surface area (Å²) in [5.41, 5.74) is 1.18. The number of hydrogen-bond acceptors (Lipinski definition) is 4. The van der Waals surface area contributed by atoms with Gasteiger partial charge in [-0.15, -0.1) is 0 Å². The Morgan fingerprint density at radius 1 is 1.25 bits per heavy atom. The topological polar surface area (TPSA) is 51.0 Å². The zero-order chi connectivity index (χ0) is 11.4. The van der Waals surface area contributed by atoms with Gasteiger partial charge in [0.2, 0.25) is 0 Å². The van der Waals surface area contributed by atoms with Crippen LogP contribution in [-0.2, 0) is 6.42 Å². The van der Waals surface area contributed by atoms with Gasteiger partial charge in [0.05, 0.1) is 0 Å². The van der Waals surface area contributed by atoms with Crippen molar-refractivity contribution in [2.24, 2.45) is 0 Å². The maximum absolute atomic E-state index is 5.08. The first-order valence-electron chi connectivity index (χ1n) is 5.37. The van der Waals surface area contributed by atoms with E-state index < -0.39 is 0 Å². The van der Waals surface area contributed by atoms with Gasteiger partial charge in [-0.3, -0.25) is 0 Å². The molecule has 4 nitrogen and oxygen atoms in total. The molecule has 0 aliphatic heterocycles. The highest BCUT2D eigenvalue weighted by Gasteiger charge is 2.07. The molecule has 84 valence electrons. The molecule has 0 aliphatic rings. The molecule has 0 saturated carbocycles. The van der Waals surface area contributed by atoms with Crippen LogP contribution in [0.15, 0.2) is 34.9 Å². The highest BCUT2D eigenvalue weighted by atomic mass is 16.5. The number of rotatable bonds is 4. The molecule has 0 fully saturated rings. The second kappa shape index (κ2) is 4.79. The fourth-order valence-electron chi connectivity index (χ4n) is 1.41. The van der Waals surface area contributed by atoms with Gasteiger partial charge in [-0.25, -0.2) is 0 Å². The summed E-state index contributed by atoms with van der Waals surface area (Å²) in [7, 11) is 0. The van der Waals surface area contributed by atoms with Gasteiger partial charge in [0.25, 0.3) is 0 Å². The molecule has 0 aliphatic carbocycles. The highest BCUT2D eigenvalue weighted by molar-refractivity contribution is 5.23. The van der Waals surface area contributed by atoms with E-state index in [1.165, 1.54) is 5.56 Å². The van der Waals surface area contributed by atoms with Crippen LogP contribution in [0, 0.1) is 0 Å². The lowest BCUT2D eigenvalue weighted by Crippen LogP contribution is -2.09. The Morgan fingerprint density at radius 3 is 2.69 bits per heavy atom. The predicted molar refractivity (Wildman–Crippen MR) is 62.3 cm³/mol. The summed E-state index contributed by atoms with van der Waals surface area (Å²) in [6.07, 6.45) is 0.699. The van der Waals surface area contributed by atoms with Gasteiger partial charge in [0.15, 0.2) is 5.82 Å². The average Bonchev–Trinajstić information content (AvgIpc) is 2.66. The van der Waals surface area contributed by atoms with Gasteiger partial charge in [0.1, 0.15) is 0 Å². The molecule has 1 heterocycles. The van der Waals surface area contributed by atoms with Crippen LogP contribution in [0.5, 0.6) is 0 Å². The van der Waals surface area contributed by atoms with Gasteiger partial charge < -0.3 is 9.84 Å². The third-order valence-electron chi connectivity index (χ3n) is 2.09. The first-order valence-corrected chi connectivity index (χ1v) is 5.37. The van der Waals surface area contributed by atoms with Crippen molar-refractivity contribution >= 4 is 6.01 Å². The predicted octanol–water partition coefficient (Wildman–Crippen LogP) is 2.48. The third-order valence-corrected chi connectivity index (χ3v) is 2.09. The van der Waals surface area contributed by atoms with E-state index in [0.717, 1.165) is 0 Å². The Balaban J connectivity index is 2.03. The summed E-state index contributed by atoms with van der Waals surface area (Å²) >= 11 is 0. The maximum atomic E-state index is 5.08. The van der Waals surface area contributed by atoms with Crippen molar-refractivity contribution in [1.29, 1.82) is 0 Å². The molecule has 0 atom stereocenters. The fourth-order valence-corrected chi connectivity index (χ4v) is 1.41. The Kier molecular flexibility index (Phi) is 3.19. The van der Waals surface area contributed by atoms with Crippen LogP contribution in [0.4, 0.5) is 6.01 Å². The number of nitrogens with zero attached hydrogens (tertiary/aromatic N) is 2.